The summed E-state index contributed by atoms with van der Waals surface area (Å²) >= 11 is 1.70. The number of aromatic nitrogens is 2. The van der Waals surface area contributed by atoms with Gasteiger partial charge < -0.3 is 16.8 Å². The molecule has 0 aliphatic heterocycles. The third kappa shape index (κ3) is 3.01. The number of nitrogens with two attached hydrogens (primary N) is 2. The smallest absolute Gasteiger partial charge is 0.223 e. The van der Waals surface area contributed by atoms with Crippen LogP contribution in [-0.4, -0.2) is 16.2 Å². The molecule has 1 heterocycles. The van der Waals surface area contributed by atoms with Crippen LogP contribution < -0.4 is 16.8 Å². The van der Waals surface area contributed by atoms with Crippen LogP contribution in [0.2, 0.25) is 0 Å². The van der Waals surface area contributed by atoms with Crippen LogP contribution >= 0.6 is 11.8 Å². The third-order valence-electron chi connectivity index (χ3n) is 2.13. The predicted octanol–water partition coefficient (Wildman–Crippen LogP) is 2.11. The maximum Gasteiger partial charge on any atom is 0.223 e. The lowest BCUT2D eigenvalue weighted by molar-refractivity contribution is 1.19. The van der Waals surface area contributed by atoms with Crippen molar-refractivity contribution < 1.29 is 0 Å². The SMILES string of the molecule is CSc1ccc(Nc2cc(N)nc(N)n2)cc1. The minimum Gasteiger partial charge on any atom is -0.383 e. The highest BCUT2D eigenvalue weighted by Gasteiger charge is 2.00. The molecule has 0 aliphatic carbocycles. The number of rotatable bonds is 3. The van der Waals surface area contributed by atoms with Gasteiger partial charge in [-0.1, -0.05) is 0 Å². The lowest BCUT2D eigenvalue weighted by atomic mass is 10.3. The minimum absolute atomic E-state index is 0.160. The van der Waals surface area contributed by atoms with Crippen molar-refractivity contribution in [3.8, 4) is 0 Å². The van der Waals surface area contributed by atoms with Crippen LogP contribution in [0.3, 0.4) is 0 Å². The summed E-state index contributed by atoms with van der Waals surface area (Å²) in [5.74, 6) is 1.10. The molecule has 0 radical (unpaired) electrons. The molecule has 0 aliphatic rings. The van der Waals surface area contributed by atoms with Gasteiger partial charge in [-0.2, -0.15) is 9.97 Å². The van der Waals surface area contributed by atoms with Crippen LogP contribution in [-0.2, 0) is 0 Å². The lowest BCUT2D eigenvalue weighted by Crippen LogP contribution is -2.02. The molecule has 1 aromatic carbocycles. The molecule has 2 aromatic rings. The van der Waals surface area contributed by atoms with Crippen molar-refractivity contribution in [1.82, 2.24) is 9.97 Å². The number of hydrogen-bond acceptors (Lipinski definition) is 6. The van der Waals surface area contributed by atoms with Gasteiger partial charge in [-0.3, -0.25) is 0 Å². The van der Waals surface area contributed by atoms with Gasteiger partial charge in [0, 0.05) is 16.6 Å². The fraction of sp³-hybridized carbons (Fsp3) is 0.0909. The van der Waals surface area contributed by atoms with E-state index in [0.29, 0.717) is 11.6 Å². The van der Waals surface area contributed by atoms with Crippen LogP contribution in [0.15, 0.2) is 35.2 Å². The summed E-state index contributed by atoms with van der Waals surface area (Å²) in [6, 6.07) is 9.64. The Bertz CT molecular complexity index is 492. The Morgan fingerprint density at radius 2 is 1.82 bits per heavy atom. The van der Waals surface area contributed by atoms with Gasteiger partial charge in [0.2, 0.25) is 5.95 Å². The van der Waals surface area contributed by atoms with Crippen molar-refractivity contribution >= 4 is 35.0 Å². The highest BCUT2D eigenvalue weighted by atomic mass is 32.2. The molecule has 6 heteroatoms. The fourth-order valence-corrected chi connectivity index (χ4v) is 1.78. The molecule has 88 valence electrons. The number of nitrogens with one attached hydrogen (secondary N) is 1. The average molecular weight is 247 g/mol. The number of nitrogen functional groups attached to an aromatic ring is 2. The van der Waals surface area contributed by atoms with Crippen molar-refractivity contribution in [3.05, 3.63) is 30.3 Å². The standard InChI is InChI=1S/C11H13N5S/c1-17-8-4-2-7(3-5-8)14-10-6-9(12)15-11(13)16-10/h2-6H,1H3,(H5,12,13,14,15,16). The van der Waals surface area contributed by atoms with Crippen LogP contribution in [0, 0.1) is 0 Å². The van der Waals surface area contributed by atoms with Gasteiger partial charge in [-0.15, -0.1) is 11.8 Å². The molecule has 0 amide bonds. The molecule has 5 N–H and O–H groups in total. The molecule has 0 spiro atoms. The van der Waals surface area contributed by atoms with E-state index in [1.165, 1.54) is 4.90 Å². The zero-order valence-corrected chi connectivity index (χ0v) is 10.2. The molecule has 0 fully saturated rings. The normalized spacial score (nSPS) is 10.2. The molecular weight excluding hydrogens is 234 g/mol. The summed E-state index contributed by atoms with van der Waals surface area (Å²) in [5.41, 5.74) is 12.0. The van der Waals surface area contributed by atoms with Gasteiger partial charge in [0.15, 0.2) is 0 Å². The van der Waals surface area contributed by atoms with Gasteiger partial charge in [0.1, 0.15) is 11.6 Å². The molecule has 1 aromatic heterocycles. The highest BCUT2D eigenvalue weighted by Crippen LogP contribution is 2.20. The average Bonchev–Trinajstić information content (AvgIpc) is 2.28. The molecular formula is C11H13N5S. The number of hydrogen-bond donors (Lipinski definition) is 3. The first-order valence-electron chi connectivity index (χ1n) is 4.98. The van der Waals surface area contributed by atoms with E-state index in [4.69, 9.17) is 11.5 Å². The molecule has 2 rings (SSSR count). The largest absolute Gasteiger partial charge is 0.383 e. The van der Waals surface area contributed by atoms with Gasteiger partial charge in [-0.05, 0) is 30.5 Å². The van der Waals surface area contributed by atoms with E-state index >= 15 is 0 Å². The molecule has 0 saturated carbocycles. The second-order valence-electron chi connectivity index (χ2n) is 3.39. The monoisotopic (exact) mass is 247 g/mol. The van der Waals surface area contributed by atoms with E-state index in [9.17, 15) is 0 Å². The van der Waals surface area contributed by atoms with Crippen LogP contribution in [0.25, 0.3) is 0 Å². The first kappa shape index (κ1) is 11.5. The summed E-state index contributed by atoms with van der Waals surface area (Å²) in [7, 11) is 0. The Kier molecular flexibility index (Phi) is 3.34. The lowest BCUT2D eigenvalue weighted by Gasteiger charge is -2.07. The van der Waals surface area contributed by atoms with Gasteiger partial charge in [0.05, 0.1) is 0 Å². The van der Waals surface area contributed by atoms with Gasteiger partial charge in [-0.25, -0.2) is 0 Å². The molecule has 0 saturated heterocycles. The number of benzene rings is 1. The van der Waals surface area contributed by atoms with Crippen molar-refractivity contribution in [1.29, 1.82) is 0 Å². The first-order chi connectivity index (χ1) is 8.17. The van der Waals surface area contributed by atoms with E-state index in [1.807, 2.05) is 30.5 Å². The Hall–Kier alpha value is -1.95. The van der Waals surface area contributed by atoms with Crippen LogP contribution in [0.1, 0.15) is 0 Å². The van der Waals surface area contributed by atoms with E-state index in [0.717, 1.165) is 5.69 Å². The summed E-state index contributed by atoms with van der Waals surface area (Å²) in [6.45, 7) is 0. The van der Waals surface area contributed by atoms with Crippen molar-refractivity contribution in [2.24, 2.45) is 0 Å². The van der Waals surface area contributed by atoms with Gasteiger partial charge in [0.25, 0.3) is 0 Å². The van der Waals surface area contributed by atoms with Crippen molar-refractivity contribution in [2.45, 2.75) is 4.90 Å². The van der Waals surface area contributed by atoms with E-state index < -0.39 is 0 Å². The Morgan fingerprint density at radius 3 is 2.41 bits per heavy atom. The minimum atomic E-state index is 0.160. The predicted molar refractivity (Wildman–Crippen MR) is 72.4 cm³/mol. The quantitative estimate of drug-likeness (QED) is 0.720. The molecule has 0 atom stereocenters. The fourth-order valence-electron chi connectivity index (χ4n) is 1.37. The summed E-state index contributed by atoms with van der Waals surface area (Å²) < 4.78 is 0. The Morgan fingerprint density at radius 1 is 1.12 bits per heavy atom. The van der Waals surface area contributed by atoms with Crippen molar-refractivity contribution in [2.75, 3.05) is 23.0 Å². The second kappa shape index (κ2) is 4.92. The van der Waals surface area contributed by atoms with E-state index in [1.54, 1.807) is 17.8 Å². The molecule has 17 heavy (non-hydrogen) atoms. The molecule has 5 nitrogen and oxygen atoms in total. The van der Waals surface area contributed by atoms with E-state index in [-0.39, 0.29) is 5.95 Å². The Labute approximate surface area is 104 Å². The zero-order valence-electron chi connectivity index (χ0n) is 9.34. The summed E-state index contributed by atoms with van der Waals surface area (Å²) in [4.78, 5) is 9.05. The van der Waals surface area contributed by atoms with Crippen molar-refractivity contribution in [3.63, 3.8) is 0 Å². The maximum atomic E-state index is 5.58. The number of anilines is 4. The summed E-state index contributed by atoms with van der Waals surface area (Å²) in [6.07, 6.45) is 2.04. The first-order valence-corrected chi connectivity index (χ1v) is 6.21. The summed E-state index contributed by atoms with van der Waals surface area (Å²) in [5, 5.41) is 3.12. The maximum absolute atomic E-state index is 5.58. The molecule has 0 bridgehead atoms. The zero-order chi connectivity index (χ0) is 12.3. The topological polar surface area (TPSA) is 89.8 Å². The third-order valence-corrected chi connectivity index (χ3v) is 2.87. The Balaban J connectivity index is 2.19. The highest BCUT2D eigenvalue weighted by molar-refractivity contribution is 7.98. The van der Waals surface area contributed by atoms with E-state index in [2.05, 4.69) is 15.3 Å². The van der Waals surface area contributed by atoms with Gasteiger partial charge >= 0.3 is 0 Å². The second-order valence-corrected chi connectivity index (χ2v) is 4.27. The van der Waals surface area contributed by atoms with Crippen LogP contribution in [0.4, 0.5) is 23.3 Å². The van der Waals surface area contributed by atoms with Crippen LogP contribution in [0.5, 0.6) is 0 Å². The number of thioether (sulfide) groups is 1. The number of nitrogens with zero attached hydrogens (tertiary/aromatic N) is 2. The molecule has 0 unspecified atom stereocenters.